The normalized spacial score (nSPS) is 16.2. The highest BCUT2D eigenvalue weighted by atomic mass is 16.4. The molecule has 0 spiro atoms. The Hall–Kier alpha value is -11.5. The lowest BCUT2D eigenvalue weighted by Crippen LogP contribution is -2.52. The van der Waals surface area contributed by atoms with Gasteiger partial charge in [-0.25, -0.2) is 0 Å². The van der Waals surface area contributed by atoms with Gasteiger partial charge in [-0.05, 0) is 161 Å². The summed E-state index contributed by atoms with van der Waals surface area (Å²) in [6.07, 6.45) is 7.53. The van der Waals surface area contributed by atoms with Crippen LogP contribution in [0, 0.1) is 11.8 Å². The van der Waals surface area contributed by atoms with E-state index in [1.807, 2.05) is 88.6 Å². The molecule has 4 aromatic heterocycles. The fourth-order valence-electron chi connectivity index (χ4n) is 16.1. The minimum absolute atomic E-state index is 0.00336. The zero-order valence-corrected chi connectivity index (χ0v) is 66.6. The number of aryl methyl sites for hydroxylation is 2. The number of hydrogen-bond donors (Lipinski definition) is 11. The molecule has 0 unspecified atom stereocenters. The average molecular weight is 1600 g/mol. The predicted octanol–water partition coefficient (Wildman–Crippen LogP) is 6.59. The number of phenols is 4. The van der Waals surface area contributed by atoms with Crippen molar-refractivity contribution in [3.8, 4) is 57.1 Å². The summed E-state index contributed by atoms with van der Waals surface area (Å²) < 4.78 is 7.48. The molecule has 5 amide bonds. The Morgan fingerprint density at radius 2 is 0.888 bits per heavy atom. The lowest BCUT2D eigenvalue weighted by Gasteiger charge is -2.36. The number of carboxylic acid groups (broad SMARTS) is 4. The molecule has 3 saturated heterocycles. The van der Waals surface area contributed by atoms with E-state index < -0.39 is 66.8 Å². The molecule has 8 aromatic rings. The molecular formula is C82H107N17O17. The van der Waals surface area contributed by atoms with E-state index in [1.165, 1.54) is 12.1 Å². The van der Waals surface area contributed by atoms with Crippen LogP contribution in [0.25, 0.3) is 56.0 Å². The standard InChI is InChI=1S/C82H107N17O17/c1-7-83-79(112)77-88-86-75(60-43-58(50(3)4)66(100)45-68(60)102)98(77)56-9-12-63-54(41-56)23-31-93(63)25-17-52-19-27-96(28-20-52)71(105)16-11-62(85-70(104)15-14-65(82(115)116)95-39-37-91(48-73(108)109)35-33-90(47-72(106)107)34-36-92(38-40-95)49-74(110)111)81(114)97-29-21-53(22-30-97)18-26-94-32-24-55-42-57(10-13-64(55)94)99-76(87-89-78(99)80(113)84-8-2)61-44-59(51(5)6)67(101)46-69(61)103/h9-10,12-13,23-24,31-32,41-46,50-53,62,65,100-103H,7-8,11,14-22,25-30,33-40,47-49H2,1-6H3,(H,83,112)(H,84,113)(H,85,104)(H,106,107)(H,108,109)(H,110,111)(H,115,116)/t62-,65+/m0/s1. The Kier molecular flexibility index (Phi) is 28.5. The van der Waals surface area contributed by atoms with Gasteiger partial charge in [0, 0.05) is 164 Å². The molecule has 622 valence electrons. The molecular weight excluding hydrogens is 1500 g/mol. The topological polar surface area (TPSA) is 442 Å². The van der Waals surface area contributed by atoms with Crippen molar-refractivity contribution in [1.82, 2.24) is 84.0 Å². The molecule has 0 aliphatic carbocycles. The van der Waals surface area contributed by atoms with Gasteiger partial charge in [-0.3, -0.25) is 71.9 Å². The molecule has 0 radical (unpaired) electrons. The van der Waals surface area contributed by atoms with Crippen molar-refractivity contribution in [2.45, 2.75) is 143 Å². The van der Waals surface area contributed by atoms with Gasteiger partial charge in [0.1, 0.15) is 35.1 Å². The van der Waals surface area contributed by atoms with Crippen molar-refractivity contribution in [1.29, 1.82) is 0 Å². The third kappa shape index (κ3) is 21.0. The predicted molar refractivity (Wildman–Crippen MR) is 429 cm³/mol. The fraction of sp³-hybridized carbons (Fsp3) is 0.500. The summed E-state index contributed by atoms with van der Waals surface area (Å²) in [5, 5.41) is 111. The van der Waals surface area contributed by atoms with E-state index in [4.69, 9.17) is 0 Å². The highest BCUT2D eigenvalue weighted by molar-refractivity contribution is 5.95. The van der Waals surface area contributed by atoms with E-state index in [1.54, 1.807) is 64.5 Å². The van der Waals surface area contributed by atoms with Crippen LogP contribution in [0.2, 0.25) is 0 Å². The molecule has 3 aliphatic rings. The molecule has 34 heteroatoms. The van der Waals surface area contributed by atoms with Crippen LogP contribution in [0.4, 0.5) is 0 Å². The van der Waals surface area contributed by atoms with E-state index in [0.29, 0.717) is 93.3 Å². The van der Waals surface area contributed by atoms with Crippen LogP contribution in [-0.4, -0.2) is 286 Å². The molecule has 3 fully saturated rings. The Morgan fingerprint density at radius 1 is 0.474 bits per heavy atom. The number of carbonyl (C=O) groups excluding carboxylic acids is 5. The number of nitrogens with zero attached hydrogens (tertiary/aromatic N) is 14. The van der Waals surface area contributed by atoms with Crippen LogP contribution in [0.15, 0.2) is 85.2 Å². The van der Waals surface area contributed by atoms with Gasteiger partial charge in [0.15, 0.2) is 11.6 Å². The first-order chi connectivity index (χ1) is 55.6. The number of carbonyl (C=O) groups is 9. The first kappa shape index (κ1) is 85.4. The number of carboxylic acids is 4. The summed E-state index contributed by atoms with van der Waals surface area (Å²) in [5.41, 5.74) is 4.74. The second-order valence-corrected chi connectivity index (χ2v) is 31.0. The fourth-order valence-corrected chi connectivity index (χ4v) is 16.1. The maximum atomic E-state index is 15.0. The highest BCUT2D eigenvalue weighted by Crippen LogP contribution is 2.41. The number of phenolic OH excluding ortho intramolecular Hbond substituents is 4. The van der Waals surface area contributed by atoms with Crippen LogP contribution in [0.5, 0.6) is 23.0 Å². The van der Waals surface area contributed by atoms with Gasteiger partial charge < -0.3 is 75.7 Å². The number of aromatic nitrogens is 8. The number of amides is 5. The van der Waals surface area contributed by atoms with E-state index >= 15 is 0 Å². The quantitative estimate of drug-likeness (QED) is 0.0212. The van der Waals surface area contributed by atoms with Crippen LogP contribution in [0.1, 0.15) is 150 Å². The number of likely N-dealkylation sites (tertiary alicyclic amines) is 2. The number of hydrogen-bond acceptors (Lipinski definition) is 21. The Bertz CT molecular complexity index is 4840. The van der Waals surface area contributed by atoms with E-state index in [0.717, 1.165) is 47.5 Å². The summed E-state index contributed by atoms with van der Waals surface area (Å²) in [4.78, 5) is 130. The largest absolute Gasteiger partial charge is 0.508 e. The molecule has 7 heterocycles. The summed E-state index contributed by atoms with van der Waals surface area (Å²) >= 11 is 0. The summed E-state index contributed by atoms with van der Waals surface area (Å²) in [5.74, 6) is -6.71. The number of aromatic hydroxyl groups is 4. The molecule has 34 nitrogen and oxygen atoms in total. The zero-order valence-electron chi connectivity index (χ0n) is 66.6. The molecule has 11 N–H and O–H groups in total. The highest BCUT2D eigenvalue weighted by Gasteiger charge is 2.35. The van der Waals surface area contributed by atoms with Gasteiger partial charge in [-0.2, -0.15) is 0 Å². The van der Waals surface area contributed by atoms with Crippen molar-refractivity contribution in [3.05, 3.63) is 108 Å². The second-order valence-electron chi connectivity index (χ2n) is 31.0. The van der Waals surface area contributed by atoms with Crippen molar-refractivity contribution < 1.29 is 84.0 Å². The molecule has 11 rings (SSSR count). The van der Waals surface area contributed by atoms with E-state index in [-0.39, 0.29) is 172 Å². The molecule has 3 aliphatic heterocycles. The van der Waals surface area contributed by atoms with Crippen molar-refractivity contribution >= 4 is 75.2 Å². The molecule has 0 bridgehead atoms. The summed E-state index contributed by atoms with van der Waals surface area (Å²) in [6, 6.07) is 18.8. The van der Waals surface area contributed by atoms with Crippen LogP contribution in [-0.2, 0) is 46.7 Å². The van der Waals surface area contributed by atoms with Crippen molar-refractivity contribution in [2.24, 2.45) is 11.8 Å². The number of nitrogens with one attached hydrogen (secondary N) is 3. The number of fused-ring (bicyclic) bond motifs is 2. The van der Waals surface area contributed by atoms with E-state index in [2.05, 4.69) is 45.5 Å². The Morgan fingerprint density at radius 3 is 1.28 bits per heavy atom. The maximum absolute atomic E-state index is 15.0. The van der Waals surface area contributed by atoms with Gasteiger partial charge in [0.05, 0.1) is 42.1 Å². The third-order valence-corrected chi connectivity index (χ3v) is 22.5. The first-order valence-corrected chi connectivity index (χ1v) is 40.0. The zero-order chi connectivity index (χ0) is 83.2. The molecule has 2 atom stereocenters. The van der Waals surface area contributed by atoms with Crippen LogP contribution < -0.4 is 16.0 Å². The smallest absolute Gasteiger partial charge is 0.320 e. The first-order valence-electron chi connectivity index (χ1n) is 40.0. The molecule has 4 aromatic carbocycles. The third-order valence-electron chi connectivity index (χ3n) is 22.5. The lowest BCUT2D eigenvalue weighted by atomic mass is 9.92. The van der Waals surface area contributed by atoms with Crippen molar-refractivity contribution in [3.63, 3.8) is 0 Å². The van der Waals surface area contributed by atoms with Gasteiger partial charge in [-0.15, -0.1) is 20.4 Å². The monoisotopic (exact) mass is 1600 g/mol. The molecule has 0 saturated carbocycles. The summed E-state index contributed by atoms with van der Waals surface area (Å²) in [7, 11) is 0. The average Bonchev–Trinajstić information content (AvgIpc) is 1.57. The van der Waals surface area contributed by atoms with Gasteiger partial charge in [0.25, 0.3) is 11.8 Å². The second kappa shape index (κ2) is 38.8. The minimum atomic E-state index is -1.32. The van der Waals surface area contributed by atoms with Crippen LogP contribution in [0.3, 0.4) is 0 Å². The van der Waals surface area contributed by atoms with Crippen molar-refractivity contribution in [2.75, 3.05) is 111 Å². The lowest BCUT2D eigenvalue weighted by molar-refractivity contribution is -0.145. The van der Waals surface area contributed by atoms with E-state index in [9.17, 15) is 84.0 Å². The SMILES string of the molecule is CCNC(=O)c1nnc(-c2cc(C(C)C)c(O)cc2O)n1-c1ccc2c(ccn2CCC2CCN(C(=O)CC[C@H](NC(=O)CC[C@H](C(=O)O)N3CCN(CC(=O)O)CCN(CC(=O)O)CCN(CC(=O)O)CC3)C(=O)N3CCC(CCn4ccc5cc(-n6c(C(=O)NCC)nnc6-c6cc(C(C)C)c(O)cc6O)ccc54)CC3)CC2)c1. The van der Waals surface area contributed by atoms with Gasteiger partial charge >= 0.3 is 23.9 Å². The number of rotatable bonds is 32. The Balaban J connectivity index is 0.753. The maximum Gasteiger partial charge on any atom is 0.320 e. The van der Waals surface area contributed by atoms with Crippen LogP contribution >= 0.6 is 0 Å². The Labute approximate surface area is 671 Å². The van der Waals surface area contributed by atoms with Gasteiger partial charge in [0.2, 0.25) is 29.4 Å². The van der Waals surface area contributed by atoms with Gasteiger partial charge in [-0.1, -0.05) is 27.7 Å². The summed E-state index contributed by atoms with van der Waals surface area (Å²) in [6.45, 7) is 14.2. The minimum Gasteiger partial charge on any atom is -0.508 e. The molecule has 116 heavy (non-hydrogen) atoms. The number of benzene rings is 4. The number of piperidine rings is 2. The number of aliphatic carboxylic acids is 4.